The normalized spacial score (nSPS) is 14.2. The minimum Gasteiger partial charge on any atom is -0.507 e. The molecule has 0 unspecified atom stereocenters. The van der Waals surface area contributed by atoms with Gasteiger partial charge in [0.15, 0.2) is 5.58 Å². The van der Waals surface area contributed by atoms with Gasteiger partial charge in [-0.05, 0) is 55.5 Å². The standard InChI is InChI=1S/C27H28N4O5/c1-2-34-27(33)19-6-8-20(9-7-19)35-18-23-21-10-11-24(32)22(26(21)36-29-23)17-30-13-15-31(16-14-30)25-5-3-4-12-28-25/h3-12,32H,2,13-18H2,1H3. The van der Waals surface area contributed by atoms with E-state index in [1.54, 1.807) is 43.3 Å². The van der Waals surface area contributed by atoms with Gasteiger partial charge in [0.1, 0.15) is 29.6 Å². The number of fused-ring (bicyclic) bond motifs is 1. The molecule has 2 aromatic carbocycles. The summed E-state index contributed by atoms with van der Waals surface area (Å²) >= 11 is 0. The number of aromatic hydroxyl groups is 1. The van der Waals surface area contributed by atoms with Crippen molar-refractivity contribution in [2.24, 2.45) is 0 Å². The van der Waals surface area contributed by atoms with Crippen LogP contribution in [0.3, 0.4) is 0 Å². The lowest BCUT2D eigenvalue weighted by molar-refractivity contribution is 0.0526. The number of pyridine rings is 1. The Bertz CT molecular complexity index is 1320. The lowest BCUT2D eigenvalue weighted by Crippen LogP contribution is -2.46. The Morgan fingerprint density at radius 3 is 2.58 bits per heavy atom. The summed E-state index contributed by atoms with van der Waals surface area (Å²) in [5.74, 6) is 1.41. The molecule has 0 aliphatic carbocycles. The van der Waals surface area contributed by atoms with Crippen molar-refractivity contribution in [1.29, 1.82) is 0 Å². The molecule has 4 aromatic rings. The summed E-state index contributed by atoms with van der Waals surface area (Å²) in [5, 5.41) is 15.6. The van der Waals surface area contributed by atoms with Gasteiger partial charge in [-0.1, -0.05) is 11.2 Å². The van der Waals surface area contributed by atoms with Crippen LogP contribution in [0.1, 0.15) is 28.5 Å². The van der Waals surface area contributed by atoms with Gasteiger partial charge in [0.05, 0.1) is 17.7 Å². The monoisotopic (exact) mass is 488 g/mol. The Kier molecular flexibility index (Phi) is 6.99. The van der Waals surface area contributed by atoms with E-state index in [1.165, 1.54) is 0 Å². The molecule has 1 aliphatic heterocycles. The fourth-order valence-electron chi connectivity index (χ4n) is 4.31. The first-order valence-corrected chi connectivity index (χ1v) is 12.0. The van der Waals surface area contributed by atoms with E-state index in [9.17, 15) is 9.90 Å². The highest BCUT2D eigenvalue weighted by molar-refractivity contribution is 5.89. The summed E-state index contributed by atoms with van der Waals surface area (Å²) in [5.41, 5.74) is 2.40. The first kappa shape index (κ1) is 23.6. The van der Waals surface area contributed by atoms with Gasteiger partial charge in [0.2, 0.25) is 0 Å². The van der Waals surface area contributed by atoms with Gasteiger partial charge in [-0.25, -0.2) is 9.78 Å². The number of ether oxygens (including phenoxy) is 2. The summed E-state index contributed by atoms with van der Waals surface area (Å²) in [6.45, 7) is 6.26. The van der Waals surface area contributed by atoms with Gasteiger partial charge in [-0.3, -0.25) is 4.90 Å². The summed E-state index contributed by atoms with van der Waals surface area (Å²) in [7, 11) is 0. The average Bonchev–Trinajstić information content (AvgIpc) is 3.33. The topological polar surface area (TPSA) is 101 Å². The number of esters is 1. The zero-order valence-electron chi connectivity index (χ0n) is 20.1. The molecule has 0 spiro atoms. The second kappa shape index (κ2) is 10.7. The van der Waals surface area contributed by atoms with E-state index in [2.05, 4.69) is 19.9 Å². The molecule has 2 aromatic heterocycles. The van der Waals surface area contributed by atoms with Crippen LogP contribution in [0, 0.1) is 0 Å². The zero-order valence-corrected chi connectivity index (χ0v) is 20.1. The smallest absolute Gasteiger partial charge is 0.338 e. The summed E-state index contributed by atoms with van der Waals surface area (Å²) < 4.78 is 16.5. The number of carbonyl (C=O) groups excluding carboxylic acids is 1. The third kappa shape index (κ3) is 5.11. The van der Waals surface area contributed by atoms with Crippen LogP contribution in [0.15, 0.2) is 65.3 Å². The van der Waals surface area contributed by atoms with Crippen LogP contribution in [-0.4, -0.2) is 58.9 Å². The van der Waals surface area contributed by atoms with Crippen LogP contribution in [0.4, 0.5) is 5.82 Å². The predicted molar refractivity (Wildman–Crippen MR) is 134 cm³/mol. The molecule has 1 aliphatic rings. The molecular weight excluding hydrogens is 460 g/mol. The highest BCUT2D eigenvalue weighted by Gasteiger charge is 2.22. The minimum atomic E-state index is -0.364. The molecule has 0 saturated carbocycles. The van der Waals surface area contributed by atoms with E-state index < -0.39 is 0 Å². The lowest BCUT2D eigenvalue weighted by atomic mass is 10.1. The maximum Gasteiger partial charge on any atom is 0.338 e. The van der Waals surface area contributed by atoms with Crippen molar-refractivity contribution in [1.82, 2.24) is 15.0 Å². The molecule has 5 rings (SSSR count). The maximum absolute atomic E-state index is 11.8. The Balaban J connectivity index is 1.24. The first-order valence-electron chi connectivity index (χ1n) is 12.0. The van der Waals surface area contributed by atoms with Crippen LogP contribution in [-0.2, 0) is 17.9 Å². The number of carbonyl (C=O) groups is 1. The quantitative estimate of drug-likeness (QED) is 0.369. The maximum atomic E-state index is 11.8. The van der Waals surface area contributed by atoms with Crippen LogP contribution in [0.2, 0.25) is 0 Å². The molecule has 186 valence electrons. The Morgan fingerprint density at radius 2 is 1.86 bits per heavy atom. The van der Waals surface area contributed by atoms with Crippen molar-refractivity contribution >= 4 is 22.8 Å². The van der Waals surface area contributed by atoms with Gasteiger partial charge < -0.3 is 24.0 Å². The van der Waals surface area contributed by atoms with Crippen LogP contribution in [0.5, 0.6) is 11.5 Å². The van der Waals surface area contributed by atoms with Gasteiger partial charge in [-0.2, -0.15) is 0 Å². The Labute approximate surface area is 208 Å². The van der Waals surface area contributed by atoms with Gasteiger partial charge in [0.25, 0.3) is 0 Å². The van der Waals surface area contributed by atoms with Crippen molar-refractivity contribution in [3.05, 3.63) is 77.6 Å². The van der Waals surface area contributed by atoms with E-state index >= 15 is 0 Å². The van der Waals surface area contributed by atoms with E-state index in [4.69, 9.17) is 14.0 Å². The number of phenols is 1. The molecule has 3 heterocycles. The van der Waals surface area contributed by atoms with E-state index in [-0.39, 0.29) is 18.3 Å². The molecule has 0 atom stereocenters. The number of benzene rings is 2. The number of nitrogens with zero attached hydrogens (tertiary/aromatic N) is 4. The number of piperazine rings is 1. The van der Waals surface area contributed by atoms with Gasteiger partial charge in [0, 0.05) is 44.3 Å². The molecule has 0 radical (unpaired) electrons. The van der Waals surface area contributed by atoms with Crippen molar-refractivity contribution in [2.75, 3.05) is 37.7 Å². The molecule has 9 nitrogen and oxygen atoms in total. The molecule has 1 N–H and O–H groups in total. The number of anilines is 1. The largest absolute Gasteiger partial charge is 0.507 e. The molecule has 1 saturated heterocycles. The highest BCUT2D eigenvalue weighted by Crippen LogP contribution is 2.31. The average molecular weight is 489 g/mol. The van der Waals surface area contributed by atoms with E-state index in [1.807, 2.05) is 24.4 Å². The zero-order chi connectivity index (χ0) is 24.9. The number of rotatable bonds is 8. The molecule has 9 heteroatoms. The van der Waals surface area contributed by atoms with Crippen molar-refractivity contribution in [2.45, 2.75) is 20.1 Å². The van der Waals surface area contributed by atoms with Gasteiger partial charge >= 0.3 is 5.97 Å². The van der Waals surface area contributed by atoms with Crippen LogP contribution >= 0.6 is 0 Å². The third-order valence-corrected chi connectivity index (χ3v) is 6.26. The third-order valence-electron chi connectivity index (χ3n) is 6.26. The number of hydrogen-bond acceptors (Lipinski definition) is 9. The second-order valence-electron chi connectivity index (χ2n) is 8.55. The van der Waals surface area contributed by atoms with E-state index in [0.717, 1.165) is 42.9 Å². The highest BCUT2D eigenvalue weighted by atomic mass is 16.5. The SMILES string of the molecule is CCOC(=O)c1ccc(OCc2noc3c(CN4CCN(c5ccccn5)CC4)c(O)ccc23)cc1. The second-order valence-corrected chi connectivity index (χ2v) is 8.55. The van der Waals surface area contributed by atoms with Crippen molar-refractivity contribution < 1.29 is 23.9 Å². The summed E-state index contributed by atoms with van der Waals surface area (Å²) in [4.78, 5) is 20.8. The molecule has 0 bridgehead atoms. The van der Waals surface area contributed by atoms with Crippen molar-refractivity contribution in [3.63, 3.8) is 0 Å². The number of aromatic nitrogens is 2. The van der Waals surface area contributed by atoms with Gasteiger partial charge in [-0.15, -0.1) is 0 Å². The van der Waals surface area contributed by atoms with Crippen molar-refractivity contribution in [3.8, 4) is 11.5 Å². The molecular formula is C27H28N4O5. The number of hydrogen-bond donors (Lipinski definition) is 1. The molecule has 1 fully saturated rings. The van der Waals surface area contributed by atoms with E-state index in [0.29, 0.717) is 35.7 Å². The Hall–Kier alpha value is -4.11. The lowest BCUT2D eigenvalue weighted by Gasteiger charge is -2.35. The fourth-order valence-corrected chi connectivity index (χ4v) is 4.31. The minimum absolute atomic E-state index is 0.188. The molecule has 0 amide bonds. The van der Waals surface area contributed by atoms with Crippen LogP contribution < -0.4 is 9.64 Å². The predicted octanol–water partition coefficient (Wildman–Crippen LogP) is 4.01. The molecule has 36 heavy (non-hydrogen) atoms. The first-order chi connectivity index (χ1) is 17.6. The fraction of sp³-hybridized carbons (Fsp3) is 0.296. The Morgan fingerprint density at radius 1 is 1.06 bits per heavy atom. The van der Waals surface area contributed by atoms with Crippen LogP contribution in [0.25, 0.3) is 11.0 Å². The summed E-state index contributed by atoms with van der Waals surface area (Å²) in [6.07, 6.45) is 1.81. The summed E-state index contributed by atoms with van der Waals surface area (Å²) in [6, 6.07) is 16.2. The number of phenolic OH excluding ortho intramolecular Hbond substituents is 1.